The van der Waals surface area contributed by atoms with Crippen LogP contribution in [0.15, 0.2) is 35.1 Å². The van der Waals surface area contributed by atoms with E-state index >= 15 is 0 Å². The largest absolute Gasteiger partial charge is 0.409 e. The van der Waals surface area contributed by atoms with Crippen LogP contribution in [0, 0.1) is 5.82 Å². The molecule has 150 valence electrons. The first-order valence-electron chi connectivity index (χ1n) is 8.91. The second kappa shape index (κ2) is 7.08. The fraction of sp³-hybridized carbons (Fsp3) is 0.444. The molecule has 4 rings (SSSR count). The number of morpholine rings is 1. The molecule has 2 aliphatic heterocycles. The van der Waals surface area contributed by atoms with E-state index in [4.69, 9.17) is 4.74 Å². The SMILES string of the molecule is O=c1cc(N2CCOCC2)nc2n1CC[C@@H](C(F)(F)F)N2c1ccc(F)cc1. The van der Waals surface area contributed by atoms with Crippen LogP contribution in [0.1, 0.15) is 6.42 Å². The van der Waals surface area contributed by atoms with Gasteiger partial charge in [0, 0.05) is 31.4 Å². The Labute approximate surface area is 158 Å². The molecular formula is C18H18F4N4O2. The molecular weight excluding hydrogens is 380 g/mol. The van der Waals surface area contributed by atoms with Gasteiger partial charge in [-0.2, -0.15) is 18.2 Å². The van der Waals surface area contributed by atoms with E-state index in [-0.39, 0.29) is 24.6 Å². The molecule has 10 heteroatoms. The summed E-state index contributed by atoms with van der Waals surface area (Å²) in [6, 6.07) is 4.18. The Kier molecular flexibility index (Phi) is 4.74. The zero-order valence-corrected chi connectivity index (χ0v) is 14.8. The molecule has 1 saturated heterocycles. The second-order valence-electron chi connectivity index (χ2n) is 6.70. The predicted octanol–water partition coefficient (Wildman–Crippen LogP) is 2.69. The maximum Gasteiger partial charge on any atom is 0.409 e. The number of benzene rings is 1. The van der Waals surface area contributed by atoms with E-state index in [1.807, 2.05) is 4.90 Å². The third kappa shape index (κ3) is 3.44. The van der Waals surface area contributed by atoms with E-state index in [0.717, 1.165) is 17.0 Å². The summed E-state index contributed by atoms with van der Waals surface area (Å²) in [5.41, 5.74) is -0.289. The number of aromatic nitrogens is 2. The predicted molar refractivity (Wildman–Crippen MR) is 94.5 cm³/mol. The lowest BCUT2D eigenvalue weighted by Gasteiger charge is -2.39. The van der Waals surface area contributed by atoms with Crippen LogP contribution >= 0.6 is 0 Å². The fourth-order valence-electron chi connectivity index (χ4n) is 3.56. The van der Waals surface area contributed by atoms with Crippen molar-refractivity contribution >= 4 is 17.5 Å². The van der Waals surface area contributed by atoms with Gasteiger partial charge in [0.2, 0.25) is 5.95 Å². The van der Waals surface area contributed by atoms with Crippen LogP contribution in [-0.4, -0.2) is 48.1 Å². The van der Waals surface area contributed by atoms with Crippen molar-refractivity contribution in [1.29, 1.82) is 0 Å². The number of hydrogen-bond donors (Lipinski definition) is 0. The molecule has 0 spiro atoms. The van der Waals surface area contributed by atoms with Crippen LogP contribution in [0.3, 0.4) is 0 Å². The Morgan fingerprint density at radius 1 is 1.07 bits per heavy atom. The van der Waals surface area contributed by atoms with Gasteiger partial charge in [-0.05, 0) is 30.7 Å². The molecule has 28 heavy (non-hydrogen) atoms. The lowest BCUT2D eigenvalue weighted by molar-refractivity contribution is -0.150. The number of fused-ring (bicyclic) bond motifs is 1. The molecule has 0 unspecified atom stereocenters. The van der Waals surface area contributed by atoms with Gasteiger partial charge in [-0.1, -0.05) is 0 Å². The van der Waals surface area contributed by atoms with Crippen molar-refractivity contribution in [2.24, 2.45) is 0 Å². The molecule has 0 N–H and O–H groups in total. The molecule has 1 aromatic heterocycles. The highest BCUT2D eigenvalue weighted by Gasteiger charge is 2.47. The van der Waals surface area contributed by atoms with E-state index in [1.54, 1.807) is 0 Å². The number of ether oxygens (including phenoxy) is 1. The van der Waals surface area contributed by atoms with Crippen LogP contribution in [0.5, 0.6) is 0 Å². The van der Waals surface area contributed by atoms with Crippen molar-refractivity contribution in [2.45, 2.75) is 25.2 Å². The van der Waals surface area contributed by atoms with Crippen LogP contribution < -0.4 is 15.4 Å². The van der Waals surface area contributed by atoms with Gasteiger partial charge in [0.15, 0.2) is 0 Å². The van der Waals surface area contributed by atoms with Gasteiger partial charge < -0.3 is 9.64 Å². The lowest BCUT2D eigenvalue weighted by atomic mass is 10.1. The van der Waals surface area contributed by atoms with E-state index in [1.165, 1.54) is 22.8 Å². The maximum atomic E-state index is 13.7. The number of alkyl halides is 3. The van der Waals surface area contributed by atoms with Crippen molar-refractivity contribution in [3.05, 3.63) is 46.5 Å². The monoisotopic (exact) mass is 398 g/mol. The lowest BCUT2D eigenvalue weighted by Crippen LogP contribution is -2.50. The van der Waals surface area contributed by atoms with E-state index in [2.05, 4.69) is 4.98 Å². The Morgan fingerprint density at radius 3 is 2.39 bits per heavy atom. The third-order valence-corrected chi connectivity index (χ3v) is 4.95. The Balaban J connectivity index is 1.85. The summed E-state index contributed by atoms with van der Waals surface area (Å²) >= 11 is 0. The molecule has 1 atom stereocenters. The van der Waals surface area contributed by atoms with Crippen molar-refractivity contribution in [1.82, 2.24) is 9.55 Å². The van der Waals surface area contributed by atoms with Crippen molar-refractivity contribution in [2.75, 3.05) is 36.1 Å². The van der Waals surface area contributed by atoms with Gasteiger partial charge in [0.05, 0.1) is 13.2 Å². The maximum absolute atomic E-state index is 13.7. The van der Waals surface area contributed by atoms with Crippen LogP contribution in [0.25, 0.3) is 0 Å². The highest BCUT2D eigenvalue weighted by atomic mass is 19.4. The summed E-state index contributed by atoms with van der Waals surface area (Å²) in [5.74, 6) is -0.333. The van der Waals surface area contributed by atoms with Crippen molar-refractivity contribution in [3.8, 4) is 0 Å². The molecule has 0 bridgehead atoms. The normalized spacial score (nSPS) is 20.2. The first-order valence-corrected chi connectivity index (χ1v) is 8.91. The summed E-state index contributed by atoms with van der Waals surface area (Å²) in [6.45, 7) is 1.80. The minimum Gasteiger partial charge on any atom is -0.378 e. The average Bonchev–Trinajstić information content (AvgIpc) is 2.68. The molecule has 3 heterocycles. The first-order chi connectivity index (χ1) is 13.3. The molecule has 0 saturated carbocycles. The molecule has 1 aromatic carbocycles. The summed E-state index contributed by atoms with van der Waals surface area (Å²) in [6.07, 6.45) is -4.83. The number of halogens is 4. The fourth-order valence-corrected chi connectivity index (χ4v) is 3.56. The van der Waals surface area contributed by atoms with Gasteiger partial charge >= 0.3 is 6.18 Å². The number of anilines is 3. The molecule has 6 nitrogen and oxygen atoms in total. The minimum atomic E-state index is -4.54. The zero-order valence-electron chi connectivity index (χ0n) is 14.8. The molecule has 2 aromatic rings. The second-order valence-corrected chi connectivity index (χ2v) is 6.70. The molecule has 0 aliphatic carbocycles. The topological polar surface area (TPSA) is 50.6 Å². The third-order valence-electron chi connectivity index (χ3n) is 4.95. The van der Waals surface area contributed by atoms with E-state index < -0.39 is 23.6 Å². The number of rotatable bonds is 2. The Bertz CT molecular complexity index is 907. The van der Waals surface area contributed by atoms with Crippen molar-refractivity contribution < 1.29 is 22.3 Å². The minimum absolute atomic E-state index is 0.0887. The summed E-state index contributed by atoms with van der Waals surface area (Å²) in [5, 5.41) is 0. The van der Waals surface area contributed by atoms with Crippen molar-refractivity contribution in [3.63, 3.8) is 0 Å². The number of nitrogens with zero attached hydrogens (tertiary/aromatic N) is 4. The Hall–Kier alpha value is -2.62. The highest BCUT2D eigenvalue weighted by Crippen LogP contribution is 2.39. The molecule has 1 fully saturated rings. The molecule has 0 radical (unpaired) electrons. The van der Waals surface area contributed by atoms with Gasteiger partial charge in [-0.25, -0.2) is 4.39 Å². The van der Waals surface area contributed by atoms with Gasteiger partial charge in [-0.15, -0.1) is 0 Å². The quantitative estimate of drug-likeness (QED) is 0.729. The van der Waals surface area contributed by atoms with Crippen LogP contribution in [0.2, 0.25) is 0 Å². The Morgan fingerprint density at radius 2 is 1.75 bits per heavy atom. The molecule has 2 aliphatic rings. The van der Waals surface area contributed by atoms with Crippen LogP contribution in [0.4, 0.5) is 35.0 Å². The standard InChI is InChI=1S/C18H18F4N4O2/c19-12-1-3-13(4-2-12)26-14(18(20,21)22)5-6-25-16(27)11-15(23-17(25)26)24-7-9-28-10-8-24/h1-4,11,14H,5-10H2/t14-/m0/s1. The highest BCUT2D eigenvalue weighted by molar-refractivity contribution is 5.61. The van der Waals surface area contributed by atoms with Gasteiger partial charge in [0.1, 0.15) is 17.7 Å². The number of hydrogen-bond acceptors (Lipinski definition) is 5. The zero-order chi connectivity index (χ0) is 19.9. The summed E-state index contributed by atoms with van der Waals surface area (Å²) in [7, 11) is 0. The van der Waals surface area contributed by atoms with Gasteiger partial charge in [-0.3, -0.25) is 14.3 Å². The van der Waals surface area contributed by atoms with Gasteiger partial charge in [0.25, 0.3) is 5.56 Å². The van der Waals surface area contributed by atoms with E-state index in [0.29, 0.717) is 32.1 Å². The van der Waals surface area contributed by atoms with Crippen LogP contribution in [-0.2, 0) is 11.3 Å². The molecule has 0 amide bonds. The smallest absolute Gasteiger partial charge is 0.378 e. The average molecular weight is 398 g/mol. The summed E-state index contributed by atoms with van der Waals surface area (Å²) < 4.78 is 61.1. The summed E-state index contributed by atoms with van der Waals surface area (Å²) in [4.78, 5) is 19.8. The first kappa shape index (κ1) is 18.7. The van der Waals surface area contributed by atoms with E-state index in [9.17, 15) is 22.4 Å².